The molecule has 0 radical (unpaired) electrons. The van der Waals surface area contributed by atoms with Gasteiger partial charge in [0.05, 0.1) is 12.1 Å². The Labute approximate surface area is 200 Å². The number of nitrogens with zero attached hydrogens (tertiary/aromatic N) is 4. The van der Waals surface area contributed by atoms with Gasteiger partial charge in [0, 0.05) is 15.6 Å². The fourth-order valence-corrected chi connectivity index (χ4v) is 3.70. The van der Waals surface area contributed by atoms with Crippen LogP contribution in [0.3, 0.4) is 0 Å². The van der Waals surface area contributed by atoms with Gasteiger partial charge < -0.3 is 9.26 Å². The van der Waals surface area contributed by atoms with E-state index in [0.29, 0.717) is 33.5 Å². The molecule has 170 valence electrons. The van der Waals surface area contributed by atoms with Gasteiger partial charge in [0.1, 0.15) is 24.4 Å². The number of hydrogen-bond donors (Lipinski definition) is 1. The van der Waals surface area contributed by atoms with E-state index in [-0.39, 0.29) is 18.2 Å². The Hall–Kier alpha value is -3.36. The van der Waals surface area contributed by atoms with Crippen molar-refractivity contribution < 1.29 is 14.1 Å². The summed E-state index contributed by atoms with van der Waals surface area (Å²) in [6.07, 6.45) is 1.48. The van der Waals surface area contributed by atoms with E-state index in [1.807, 2.05) is 32.0 Å². The Morgan fingerprint density at radius 2 is 1.88 bits per heavy atom. The lowest BCUT2D eigenvalue weighted by Crippen LogP contribution is -2.16. The lowest BCUT2D eigenvalue weighted by atomic mass is 10.1. The van der Waals surface area contributed by atoms with E-state index in [2.05, 4.69) is 20.6 Å². The molecule has 2 aromatic heterocycles. The van der Waals surface area contributed by atoms with Gasteiger partial charge in [-0.25, -0.2) is 9.67 Å². The van der Waals surface area contributed by atoms with Crippen LogP contribution in [0.5, 0.6) is 5.75 Å². The van der Waals surface area contributed by atoms with Gasteiger partial charge in [-0.05, 0) is 50.1 Å². The SMILES string of the molecule is Cc1ccc(C)c(OCc2c(C(=O)Nc3ncn(Cc4c(Cl)cccc4Cl)n3)noc2C)c1. The van der Waals surface area contributed by atoms with Crippen LogP contribution in [0.1, 0.15) is 38.5 Å². The highest BCUT2D eigenvalue weighted by Crippen LogP contribution is 2.25. The molecule has 2 heterocycles. The van der Waals surface area contributed by atoms with E-state index in [4.69, 9.17) is 32.5 Å². The maximum atomic E-state index is 12.8. The Morgan fingerprint density at radius 3 is 2.64 bits per heavy atom. The molecule has 2 aromatic carbocycles. The number of aromatic nitrogens is 4. The number of ether oxygens (including phenoxy) is 1. The van der Waals surface area contributed by atoms with Crippen LogP contribution in [0, 0.1) is 20.8 Å². The highest BCUT2D eigenvalue weighted by atomic mass is 35.5. The summed E-state index contributed by atoms with van der Waals surface area (Å²) in [5.41, 5.74) is 3.45. The van der Waals surface area contributed by atoms with Crippen LogP contribution in [0.4, 0.5) is 5.95 Å². The molecule has 1 N–H and O–H groups in total. The minimum atomic E-state index is -0.500. The smallest absolute Gasteiger partial charge is 0.280 e. The molecular weight excluding hydrogens is 465 g/mol. The molecule has 0 saturated carbocycles. The highest BCUT2D eigenvalue weighted by Gasteiger charge is 2.22. The zero-order valence-corrected chi connectivity index (χ0v) is 19.7. The fourth-order valence-electron chi connectivity index (χ4n) is 3.19. The second-order valence-electron chi connectivity index (χ2n) is 7.54. The van der Waals surface area contributed by atoms with Gasteiger partial charge in [-0.2, -0.15) is 0 Å². The van der Waals surface area contributed by atoms with Crippen LogP contribution in [0.2, 0.25) is 10.0 Å². The number of halogens is 2. The topological polar surface area (TPSA) is 95.1 Å². The quantitative estimate of drug-likeness (QED) is 0.377. The molecule has 0 bridgehead atoms. The molecule has 0 fully saturated rings. The minimum absolute atomic E-state index is 0.114. The summed E-state index contributed by atoms with van der Waals surface area (Å²) >= 11 is 12.4. The van der Waals surface area contributed by atoms with Crippen LogP contribution < -0.4 is 10.1 Å². The molecule has 8 nitrogen and oxygen atoms in total. The van der Waals surface area contributed by atoms with E-state index in [0.717, 1.165) is 16.9 Å². The monoisotopic (exact) mass is 485 g/mol. The number of carbonyl (C=O) groups is 1. The molecule has 0 spiro atoms. The lowest BCUT2D eigenvalue weighted by Gasteiger charge is -2.10. The first-order valence-electron chi connectivity index (χ1n) is 10.1. The third-order valence-electron chi connectivity index (χ3n) is 5.06. The van der Waals surface area contributed by atoms with Crippen molar-refractivity contribution in [2.75, 3.05) is 5.32 Å². The van der Waals surface area contributed by atoms with Crippen molar-refractivity contribution in [3.63, 3.8) is 0 Å². The summed E-state index contributed by atoms with van der Waals surface area (Å²) < 4.78 is 12.7. The summed E-state index contributed by atoms with van der Waals surface area (Å²) in [6, 6.07) is 11.2. The average molecular weight is 486 g/mol. The molecule has 4 aromatic rings. The van der Waals surface area contributed by atoms with Crippen molar-refractivity contribution in [3.05, 3.63) is 86.5 Å². The van der Waals surface area contributed by atoms with Gasteiger partial charge >= 0.3 is 0 Å². The Kier molecular flexibility index (Phi) is 6.67. The Morgan fingerprint density at radius 1 is 1.12 bits per heavy atom. The number of anilines is 1. The van der Waals surface area contributed by atoms with Gasteiger partial charge in [-0.15, -0.1) is 5.10 Å². The first kappa shape index (κ1) is 22.8. The normalized spacial score (nSPS) is 10.9. The third kappa shape index (κ3) is 5.18. The van der Waals surface area contributed by atoms with Crippen LogP contribution in [-0.2, 0) is 13.2 Å². The maximum Gasteiger partial charge on any atom is 0.280 e. The van der Waals surface area contributed by atoms with Crippen molar-refractivity contribution in [1.29, 1.82) is 0 Å². The molecule has 0 aliphatic carbocycles. The molecule has 0 unspecified atom stereocenters. The Balaban J connectivity index is 1.46. The van der Waals surface area contributed by atoms with Crippen molar-refractivity contribution in [2.24, 2.45) is 0 Å². The largest absolute Gasteiger partial charge is 0.488 e. The predicted molar refractivity (Wildman–Crippen MR) is 125 cm³/mol. The van der Waals surface area contributed by atoms with E-state index in [9.17, 15) is 4.79 Å². The summed E-state index contributed by atoms with van der Waals surface area (Å²) in [4.78, 5) is 17.0. The fraction of sp³-hybridized carbons (Fsp3) is 0.217. The second-order valence-corrected chi connectivity index (χ2v) is 8.36. The second kappa shape index (κ2) is 9.64. The van der Waals surface area contributed by atoms with E-state index in [1.54, 1.807) is 25.1 Å². The van der Waals surface area contributed by atoms with E-state index < -0.39 is 5.91 Å². The van der Waals surface area contributed by atoms with Crippen LogP contribution in [-0.4, -0.2) is 25.8 Å². The summed E-state index contributed by atoms with van der Waals surface area (Å²) in [6.45, 7) is 6.11. The number of nitrogens with one attached hydrogen (secondary N) is 1. The number of benzene rings is 2. The number of hydrogen-bond acceptors (Lipinski definition) is 6. The van der Waals surface area contributed by atoms with Gasteiger partial charge in [-0.1, -0.05) is 46.6 Å². The van der Waals surface area contributed by atoms with Crippen molar-refractivity contribution in [2.45, 2.75) is 33.9 Å². The molecule has 10 heteroatoms. The summed E-state index contributed by atoms with van der Waals surface area (Å²) in [5.74, 6) is 0.850. The van der Waals surface area contributed by atoms with Gasteiger partial charge in [0.2, 0.25) is 5.95 Å². The van der Waals surface area contributed by atoms with Crippen molar-refractivity contribution >= 4 is 35.1 Å². The number of rotatable bonds is 7. The molecule has 0 atom stereocenters. The summed E-state index contributed by atoms with van der Waals surface area (Å²) in [7, 11) is 0. The first-order valence-corrected chi connectivity index (χ1v) is 10.9. The van der Waals surface area contributed by atoms with E-state index in [1.165, 1.54) is 11.0 Å². The molecule has 33 heavy (non-hydrogen) atoms. The van der Waals surface area contributed by atoms with Crippen molar-refractivity contribution in [1.82, 2.24) is 19.9 Å². The summed E-state index contributed by atoms with van der Waals surface area (Å²) in [5, 5.41) is 11.9. The average Bonchev–Trinajstić information content (AvgIpc) is 3.37. The molecule has 4 rings (SSSR count). The number of amides is 1. The minimum Gasteiger partial charge on any atom is -0.488 e. The predicted octanol–water partition coefficient (Wildman–Crippen LogP) is 5.38. The standard InChI is InChI=1S/C23H21Cl2N5O3/c1-13-7-8-14(2)20(9-13)32-11-17-15(3)33-29-21(17)22(31)27-23-26-12-30(28-23)10-16-18(24)5-4-6-19(16)25/h4-9,12H,10-11H2,1-3H3,(H,27,28,31). The van der Waals surface area contributed by atoms with Crippen molar-refractivity contribution in [3.8, 4) is 5.75 Å². The zero-order chi connectivity index (χ0) is 23.5. The number of carbonyl (C=O) groups excluding carboxylic acids is 1. The van der Waals surface area contributed by atoms with Crippen LogP contribution >= 0.6 is 23.2 Å². The first-order chi connectivity index (χ1) is 15.8. The molecule has 1 amide bonds. The maximum absolute atomic E-state index is 12.8. The van der Waals surface area contributed by atoms with Gasteiger partial charge in [-0.3, -0.25) is 10.1 Å². The molecule has 0 aliphatic rings. The number of aryl methyl sites for hydroxylation is 3. The van der Waals surface area contributed by atoms with Crippen LogP contribution in [0.25, 0.3) is 0 Å². The third-order valence-corrected chi connectivity index (χ3v) is 5.77. The van der Waals surface area contributed by atoms with Gasteiger partial charge in [0.15, 0.2) is 5.69 Å². The zero-order valence-electron chi connectivity index (χ0n) is 18.2. The Bertz CT molecular complexity index is 1300. The highest BCUT2D eigenvalue weighted by molar-refractivity contribution is 6.35. The molecule has 0 saturated heterocycles. The molecule has 0 aliphatic heterocycles. The van der Waals surface area contributed by atoms with Crippen LogP contribution in [0.15, 0.2) is 47.2 Å². The van der Waals surface area contributed by atoms with Gasteiger partial charge in [0.25, 0.3) is 5.91 Å². The van der Waals surface area contributed by atoms with E-state index >= 15 is 0 Å². The lowest BCUT2D eigenvalue weighted by molar-refractivity contribution is 0.101. The molecular formula is C23H21Cl2N5O3.